The summed E-state index contributed by atoms with van der Waals surface area (Å²) in [5, 5.41) is 8.89. The fourth-order valence-corrected chi connectivity index (χ4v) is 6.91. The van der Waals surface area contributed by atoms with E-state index in [1.54, 1.807) is 0 Å². The van der Waals surface area contributed by atoms with Gasteiger partial charge in [-0.2, -0.15) is 0 Å². The molecule has 0 aliphatic heterocycles. The van der Waals surface area contributed by atoms with Gasteiger partial charge >= 0.3 is 0 Å². The van der Waals surface area contributed by atoms with Crippen LogP contribution >= 0.6 is 0 Å². The molecule has 2 heteroatoms. The van der Waals surface area contributed by atoms with Gasteiger partial charge in [-0.15, -0.1) is 0 Å². The Balaban J connectivity index is 1.11. The molecule has 0 unspecified atom stereocenters. The van der Waals surface area contributed by atoms with Crippen molar-refractivity contribution >= 4 is 44.0 Å². The lowest BCUT2D eigenvalue weighted by Gasteiger charge is -2.14. The highest BCUT2D eigenvalue weighted by atomic mass is 15.0. The molecule has 42 heavy (non-hydrogen) atoms. The molecular weight excluding hydrogens is 508 g/mol. The van der Waals surface area contributed by atoms with Crippen LogP contribution in [0.25, 0.3) is 71.6 Å². The van der Waals surface area contributed by atoms with Gasteiger partial charge in [-0.3, -0.25) is 0 Å². The van der Waals surface area contributed by atoms with Crippen molar-refractivity contribution in [3.8, 4) is 39.1 Å². The molecule has 196 valence electrons. The highest BCUT2D eigenvalue weighted by molar-refractivity contribution is 6.18. The monoisotopic (exact) mass is 534 g/mol. The van der Waals surface area contributed by atoms with E-state index in [9.17, 15) is 0 Å². The topological polar surface area (TPSA) is 17.0 Å². The van der Waals surface area contributed by atoms with Gasteiger partial charge in [-0.1, -0.05) is 109 Å². The molecule has 7 aromatic carbocycles. The number of nitrogens with one attached hydrogen (secondary N) is 1. The Bertz CT molecular complexity index is 2260. The molecule has 8 aromatic rings. The van der Waals surface area contributed by atoms with Gasteiger partial charge in [0.15, 0.2) is 0 Å². The van der Waals surface area contributed by atoms with E-state index in [0.717, 1.165) is 17.1 Å². The van der Waals surface area contributed by atoms with E-state index < -0.39 is 0 Å². The van der Waals surface area contributed by atoms with Crippen molar-refractivity contribution < 1.29 is 0 Å². The van der Waals surface area contributed by atoms with E-state index in [1.165, 1.54) is 66.0 Å². The second kappa shape index (κ2) is 8.95. The summed E-state index contributed by atoms with van der Waals surface area (Å²) in [4.78, 5) is 0. The number of fused-ring (bicyclic) bond motifs is 6. The maximum Gasteiger partial charge on any atom is 0.0541 e. The smallest absolute Gasteiger partial charge is 0.0541 e. The summed E-state index contributed by atoms with van der Waals surface area (Å²) in [6.45, 7) is 0. The summed E-state index contributed by atoms with van der Waals surface area (Å²) >= 11 is 0. The van der Waals surface area contributed by atoms with Gasteiger partial charge in [0.05, 0.1) is 11.0 Å². The highest BCUT2D eigenvalue weighted by Crippen LogP contribution is 2.49. The molecule has 0 radical (unpaired) electrons. The number of benzene rings is 7. The van der Waals surface area contributed by atoms with Gasteiger partial charge in [0, 0.05) is 27.8 Å². The van der Waals surface area contributed by atoms with Gasteiger partial charge in [0.1, 0.15) is 0 Å². The van der Waals surface area contributed by atoms with Crippen LogP contribution in [0.5, 0.6) is 0 Å². The lowest BCUT2D eigenvalue weighted by molar-refractivity contribution is 1.18. The van der Waals surface area contributed by atoms with Gasteiger partial charge in [0.25, 0.3) is 0 Å². The zero-order chi connectivity index (χ0) is 27.6. The number of nitrogens with zero attached hydrogens (tertiary/aromatic N) is 1. The average molecular weight is 535 g/mol. The maximum atomic E-state index is 3.70. The summed E-state index contributed by atoms with van der Waals surface area (Å²) in [6.07, 6.45) is 0. The lowest BCUT2D eigenvalue weighted by Crippen LogP contribution is -1.96. The molecule has 0 bridgehead atoms. The Morgan fingerprint density at radius 1 is 0.381 bits per heavy atom. The first-order chi connectivity index (χ1) is 20.8. The molecule has 0 saturated heterocycles. The summed E-state index contributed by atoms with van der Waals surface area (Å²) in [6, 6.07) is 54.8. The summed E-state index contributed by atoms with van der Waals surface area (Å²) in [5.74, 6) is 0. The third-order valence-corrected chi connectivity index (χ3v) is 8.69. The molecule has 2 nitrogen and oxygen atoms in total. The SMILES string of the molecule is c1cc(Nc2cccc(-n3c4ccccc4c4ccccc43)c2)cc(-c2ccc3c4c(cccc24)-c2ccccc2-3)c1. The van der Waals surface area contributed by atoms with E-state index in [2.05, 4.69) is 162 Å². The maximum absolute atomic E-state index is 3.70. The highest BCUT2D eigenvalue weighted by Gasteiger charge is 2.22. The predicted molar refractivity (Wildman–Crippen MR) is 178 cm³/mol. The number of aromatic nitrogens is 1. The molecule has 9 rings (SSSR count). The minimum Gasteiger partial charge on any atom is -0.355 e. The molecular formula is C40H26N2. The minimum atomic E-state index is 1.06. The summed E-state index contributed by atoms with van der Waals surface area (Å²) in [5.41, 5.74) is 13.5. The standard InChI is InChI=1S/C40H26N2/c1-2-15-32-31(14-1)36-19-9-18-35-30(22-23-37(32)40(35)36)26-10-7-11-27(24-26)41-28-12-8-13-29(25-28)42-38-20-5-3-16-33(38)34-17-4-6-21-39(34)42/h1-25,41H. The first-order valence-electron chi connectivity index (χ1n) is 14.5. The second-order valence-corrected chi connectivity index (χ2v) is 11.1. The predicted octanol–water partition coefficient (Wildman–Crippen LogP) is 11.0. The van der Waals surface area contributed by atoms with Gasteiger partial charge in [-0.25, -0.2) is 0 Å². The normalized spacial score (nSPS) is 11.8. The van der Waals surface area contributed by atoms with Crippen molar-refractivity contribution in [2.45, 2.75) is 0 Å². The molecule has 0 amide bonds. The largest absolute Gasteiger partial charge is 0.355 e. The van der Waals surface area contributed by atoms with E-state index in [-0.39, 0.29) is 0 Å². The van der Waals surface area contributed by atoms with Crippen LogP contribution in [0.2, 0.25) is 0 Å². The first-order valence-corrected chi connectivity index (χ1v) is 14.5. The lowest BCUT2D eigenvalue weighted by atomic mass is 9.94. The Hall–Kier alpha value is -5.60. The fourth-order valence-electron chi connectivity index (χ4n) is 6.91. The molecule has 0 atom stereocenters. The van der Waals surface area contributed by atoms with Crippen molar-refractivity contribution in [3.63, 3.8) is 0 Å². The Kier molecular flexibility index (Phi) is 4.93. The van der Waals surface area contributed by atoms with Crippen molar-refractivity contribution in [3.05, 3.63) is 152 Å². The Morgan fingerprint density at radius 3 is 1.69 bits per heavy atom. The van der Waals surface area contributed by atoms with Crippen LogP contribution < -0.4 is 5.32 Å². The fraction of sp³-hybridized carbons (Fsp3) is 0. The van der Waals surface area contributed by atoms with Gasteiger partial charge in [-0.05, 0) is 86.6 Å². The summed E-state index contributed by atoms with van der Waals surface area (Å²) in [7, 11) is 0. The van der Waals surface area contributed by atoms with Crippen LogP contribution in [0.3, 0.4) is 0 Å². The van der Waals surface area contributed by atoms with E-state index in [0.29, 0.717) is 0 Å². The van der Waals surface area contributed by atoms with Crippen LogP contribution in [0.4, 0.5) is 11.4 Å². The number of anilines is 2. The number of hydrogen-bond donors (Lipinski definition) is 1. The van der Waals surface area contributed by atoms with Crippen LogP contribution in [0.15, 0.2) is 152 Å². The van der Waals surface area contributed by atoms with Crippen LogP contribution in [-0.4, -0.2) is 4.57 Å². The third-order valence-electron chi connectivity index (χ3n) is 8.69. The zero-order valence-corrected chi connectivity index (χ0v) is 22.9. The Labute approximate surface area is 244 Å². The number of hydrogen-bond acceptors (Lipinski definition) is 1. The molecule has 1 aliphatic carbocycles. The van der Waals surface area contributed by atoms with Gasteiger partial charge in [0.2, 0.25) is 0 Å². The van der Waals surface area contributed by atoms with E-state index in [1.807, 2.05) is 0 Å². The molecule has 1 aromatic heterocycles. The van der Waals surface area contributed by atoms with Crippen LogP contribution in [0.1, 0.15) is 0 Å². The third kappa shape index (κ3) is 3.39. The second-order valence-electron chi connectivity index (χ2n) is 11.1. The molecule has 1 heterocycles. The molecule has 0 spiro atoms. The number of para-hydroxylation sites is 2. The average Bonchev–Trinajstić information content (AvgIpc) is 3.56. The molecule has 1 N–H and O–H groups in total. The van der Waals surface area contributed by atoms with Crippen molar-refractivity contribution in [1.29, 1.82) is 0 Å². The van der Waals surface area contributed by atoms with Crippen LogP contribution in [-0.2, 0) is 0 Å². The van der Waals surface area contributed by atoms with E-state index in [4.69, 9.17) is 0 Å². The Morgan fingerprint density at radius 2 is 0.929 bits per heavy atom. The molecule has 0 fully saturated rings. The zero-order valence-electron chi connectivity index (χ0n) is 22.9. The first kappa shape index (κ1) is 23.1. The van der Waals surface area contributed by atoms with Crippen molar-refractivity contribution in [2.75, 3.05) is 5.32 Å². The minimum absolute atomic E-state index is 1.06. The van der Waals surface area contributed by atoms with Crippen molar-refractivity contribution in [1.82, 2.24) is 4.57 Å². The molecule has 0 saturated carbocycles. The number of rotatable bonds is 4. The molecule has 1 aliphatic rings. The van der Waals surface area contributed by atoms with Gasteiger partial charge < -0.3 is 9.88 Å². The van der Waals surface area contributed by atoms with E-state index >= 15 is 0 Å². The quantitative estimate of drug-likeness (QED) is 0.238. The summed E-state index contributed by atoms with van der Waals surface area (Å²) < 4.78 is 2.36. The van der Waals surface area contributed by atoms with Crippen molar-refractivity contribution in [2.24, 2.45) is 0 Å². The van der Waals surface area contributed by atoms with Crippen LogP contribution in [0, 0.1) is 0 Å².